The van der Waals surface area contributed by atoms with Crippen LogP contribution in [-0.4, -0.2) is 56.0 Å². The minimum absolute atomic E-state index is 0.0614. The molecule has 0 aromatic carbocycles. The van der Waals surface area contributed by atoms with E-state index in [0.29, 0.717) is 5.75 Å². The molecule has 20 heavy (non-hydrogen) atoms. The number of hydrogen-bond acceptors (Lipinski definition) is 8. The highest BCUT2D eigenvalue weighted by atomic mass is 33.1. The highest BCUT2D eigenvalue weighted by Crippen LogP contribution is 2.19. The summed E-state index contributed by atoms with van der Waals surface area (Å²) in [6, 6.07) is 0. The van der Waals surface area contributed by atoms with Crippen molar-refractivity contribution in [1.82, 2.24) is 5.32 Å². The third-order valence-electron chi connectivity index (χ3n) is 2.01. The molecule has 0 bridgehead atoms. The summed E-state index contributed by atoms with van der Waals surface area (Å²) in [5.74, 6) is 1.31. The van der Waals surface area contributed by atoms with E-state index in [4.69, 9.17) is 4.74 Å². The van der Waals surface area contributed by atoms with Gasteiger partial charge in [-0.05, 0) is 14.0 Å². The fraction of sp³-hybridized carbons (Fsp3) is 0.750. The third kappa shape index (κ3) is 13.7. The van der Waals surface area contributed by atoms with Gasteiger partial charge in [-0.15, -0.1) is 0 Å². The molecule has 0 saturated carbocycles. The smallest absolute Gasteiger partial charge is 0.433 e. The molecule has 0 aliphatic heterocycles. The number of ketones is 2. The Balaban J connectivity index is 3.40. The van der Waals surface area contributed by atoms with E-state index in [1.54, 1.807) is 21.6 Å². The Morgan fingerprint density at radius 1 is 1.05 bits per heavy atom. The van der Waals surface area contributed by atoms with Gasteiger partial charge in [0, 0.05) is 30.9 Å². The number of nitrogens with one attached hydrogen (secondary N) is 1. The molecule has 8 heteroatoms. The molecule has 0 aliphatic rings. The van der Waals surface area contributed by atoms with E-state index in [-0.39, 0.29) is 37.6 Å². The molecule has 0 unspecified atom stereocenters. The number of hydrogen-bond donors (Lipinski definition) is 1. The van der Waals surface area contributed by atoms with Gasteiger partial charge >= 0.3 is 6.16 Å². The standard InChI is InChI=1S/C12H21NO5S2/c1-10(14)3-4-11(15)9-18-12(16)17-6-8-20-19-7-5-13-2/h13H,3-9H2,1-2H3. The maximum Gasteiger partial charge on any atom is 0.508 e. The lowest BCUT2D eigenvalue weighted by molar-refractivity contribution is -0.125. The summed E-state index contributed by atoms with van der Waals surface area (Å²) in [4.78, 5) is 33.0. The first-order chi connectivity index (χ1) is 9.56. The Hall–Kier alpha value is -0.730. The van der Waals surface area contributed by atoms with Gasteiger partial charge in [-0.2, -0.15) is 0 Å². The van der Waals surface area contributed by atoms with E-state index in [0.717, 1.165) is 12.3 Å². The van der Waals surface area contributed by atoms with Gasteiger partial charge in [0.25, 0.3) is 0 Å². The van der Waals surface area contributed by atoms with Gasteiger partial charge in [0.2, 0.25) is 0 Å². The largest absolute Gasteiger partial charge is 0.508 e. The molecule has 0 spiro atoms. The van der Waals surface area contributed by atoms with E-state index >= 15 is 0 Å². The molecule has 0 aromatic rings. The monoisotopic (exact) mass is 323 g/mol. The number of rotatable bonds is 12. The Morgan fingerprint density at radius 3 is 2.40 bits per heavy atom. The van der Waals surface area contributed by atoms with Crippen molar-refractivity contribution in [2.45, 2.75) is 19.8 Å². The first-order valence-electron chi connectivity index (χ1n) is 6.26. The van der Waals surface area contributed by atoms with Crippen LogP contribution in [0.15, 0.2) is 0 Å². The minimum atomic E-state index is -0.845. The number of carbonyl (C=O) groups excluding carboxylic acids is 3. The summed E-state index contributed by atoms with van der Waals surface area (Å²) in [7, 11) is 5.19. The van der Waals surface area contributed by atoms with E-state index in [9.17, 15) is 14.4 Å². The Morgan fingerprint density at radius 2 is 1.75 bits per heavy atom. The molecule has 0 heterocycles. The average molecular weight is 323 g/mol. The normalized spacial score (nSPS) is 10.1. The van der Waals surface area contributed by atoms with Crippen molar-refractivity contribution in [1.29, 1.82) is 0 Å². The highest BCUT2D eigenvalue weighted by Gasteiger charge is 2.09. The van der Waals surface area contributed by atoms with Gasteiger partial charge in [-0.25, -0.2) is 4.79 Å². The van der Waals surface area contributed by atoms with Crippen molar-refractivity contribution in [3.05, 3.63) is 0 Å². The maximum atomic E-state index is 11.2. The predicted octanol–water partition coefficient (Wildman–Crippen LogP) is 1.68. The molecule has 0 radical (unpaired) electrons. The van der Waals surface area contributed by atoms with Crippen molar-refractivity contribution in [3.63, 3.8) is 0 Å². The fourth-order valence-electron chi connectivity index (χ4n) is 0.989. The van der Waals surface area contributed by atoms with Gasteiger partial charge < -0.3 is 19.6 Å². The number of ether oxygens (including phenoxy) is 2. The van der Waals surface area contributed by atoms with Crippen molar-refractivity contribution in [3.8, 4) is 0 Å². The summed E-state index contributed by atoms with van der Waals surface area (Å²) in [6.45, 7) is 2.26. The fourth-order valence-corrected chi connectivity index (χ4v) is 2.83. The molecule has 0 saturated heterocycles. The first-order valence-corrected chi connectivity index (χ1v) is 8.74. The van der Waals surface area contributed by atoms with Gasteiger partial charge in [0.1, 0.15) is 12.4 Å². The molecule has 0 atom stereocenters. The second kappa shape index (κ2) is 13.3. The van der Waals surface area contributed by atoms with E-state index in [1.807, 2.05) is 7.05 Å². The van der Waals surface area contributed by atoms with Gasteiger partial charge in [-0.1, -0.05) is 21.6 Å². The highest BCUT2D eigenvalue weighted by molar-refractivity contribution is 8.76. The van der Waals surface area contributed by atoms with Crippen LogP contribution in [0.1, 0.15) is 19.8 Å². The summed E-state index contributed by atoms with van der Waals surface area (Å²) >= 11 is 0. The molecule has 0 rings (SSSR count). The van der Waals surface area contributed by atoms with Crippen LogP contribution in [0.2, 0.25) is 0 Å². The van der Waals surface area contributed by atoms with Gasteiger partial charge in [0.05, 0.1) is 0 Å². The van der Waals surface area contributed by atoms with Crippen LogP contribution in [0.4, 0.5) is 4.79 Å². The van der Waals surface area contributed by atoms with Gasteiger partial charge in [-0.3, -0.25) is 4.79 Å². The molecular weight excluding hydrogens is 302 g/mol. The zero-order valence-corrected chi connectivity index (χ0v) is 13.4. The summed E-state index contributed by atoms with van der Waals surface area (Å²) in [5.41, 5.74) is 0. The zero-order chi connectivity index (χ0) is 15.2. The SMILES string of the molecule is CNCCSSCCOC(=O)OCC(=O)CCC(C)=O. The van der Waals surface area contributed by atoms with Crippen LogP contribution in [0, 0.1) is 0 Å². The number of Topliss-reactive ketones (excluding diaryl/α,β-unsaturated/α-hetero) is 2. The van der Waals surface area contributed by atoms with Crippen molar-refractivity contribution >= 4 is 39.3 Å². The van der Waals surface area contributed by atoms with Crippen molar-refractivity contribution in [2.75, 3.05) is 38.3 Å². The molecule has 0 aliphatic carbocycles. The maximum absolute atomic E-state index is 11.2. The summed E-state index contributed by atoms with van der Waals surface area (Å²) in [6.07, 6.45) is -0.569. The van der Waals surface area contributed by atoms with Crippen LogP contribution in [0.25, 0.3) is 0 Å². The summed E-state index contributed by atoms with van der Waals surface area (Å²) < 4.78 is 9.43. The zero-order valence-electron chi connectivity index (χ0n) is 11.8. The Bertz CT molecular complexity index is 312. The van der Waals surface area contributed by atoms with Crippen molar-refractivity contribution in [2.24, 2.45) is 0 Å². The van der Waals surface area contributed by atoms with Crippen LogP contribution < -0.4 is 5.32 Å². The molecule has 6 nitrogen and oxygen atoms in total. The molecule has 0 fully saturated rings. The van der Waals surface area contributed by atoms with Crippen LogP contribution >= 0.6 is 21.6 Å². The molecule has 1 N–H and O–H groups in total. The lowest BCUT2D eigenvalue weighted by atomic mass is 10.2. The quantitative estimate of drug-likeness (QED) is 0.330. The van der Waals surface area contributed by atoms with Gasteiger partial charge in [0.15, 0.2) is 12.4 Å². The molecule has 0 aromatic heterocycles. The van der Waals surface area contributed by atoms with Crippen LogP contribution in [0.3, 0.4) is 0 Å². The second-order valence-corrected chi connectivity index (χ2v) is 6.58. The lowest BCUT2D eigenvalue weighted by Gasteiger charge is -2.05. The third-order valence-corrected chi connectivity index (χ3v) is 4.38. The summed E-state index contributed by atoms with van der Waals surface area (Å²) in [5, 5.41) is 3.03. The second-order valence-electron chi connectivity index (χ2n) is 3.88. The molecule has 116 valence electrons. The average Bonchev–Trinajstić information content (AvgIpc) is 2.41. The van der Waals surface area contributed by atoms with Crippen LogP contribution in [0.5, 0.6) is 0 Å². The van der Waals surface area contributed by atoms with E-state index in [1.165, 1.54) is 6.92 Å². The van der Waals surface area contributed by atoms with Crippen LogP contribution in [-0.2, 0) is 19.1 Å². The van der Waals surface area contributed by atoms with E-state index in [2.05, 4.69) is 10.1 Å². The topological polar surface area (TPSA) is 81.7 Å². The Labute approximate surface area is 127 Å². The molecule has 0 amide bonds. The lowest BCUT2D eigenvalue weighted by Crippen LogP contribution is -2.16. The number of carbonyl (C=O) groups is 3. The van der Waals surface area contributed by atoms with E-state index < -0.39 is 6.16 Å². The molecular formula is C12H21NO5S2. The Kier molecular flexibility index (Phi) is 12.8. The predicted molar refractivity (Wildman–Crippen MR) is 81.1 cm³/mol. The minimum Gasteiger partial charge on any atom is -0.433 e. The first kappa shape index (κ1) is 19.3. The van der Waals surface area contributed by atoms with Crippen molar-refractivity contribution < 1.29 is 23.9 Å².